The largest absolute Gasteiger partial charge is 0.508 e. The summed E-state index contributed by atoms with van der Waals surface area (Å²) in [4.78, 5) is 0. The van der Waals surface area contributed by atoms with Crippen molar-refractivity contribution in [3.63, 3.8) is 0 Å². The Labute approximate surface area is 151 Å². The van der Waals surface area contributed by atoms with E-state index in [0.29, 0.717) is 5.75 Å². The zero-order chi connectivity index (χ0) is 19.2. The maximum atomic E-state index is 10.6. The lowest BCUT2D eigenvalue weighted by molar-refractivity contribution is 0.432. The van der Waals surface area contributed by atoms with Gasteiger partial charge in [0.25, 0.3) is 0 Å². The Balaban J connectivity index is 2.77. The highest BCUT2D eigenvalue weighted by Crippen LogP contribution is 2.45. The fraction of sp³-hybridized carbons (Fsp3) is 0.455. The third kappa shape index (κ3) is 3.76. The molecule has 0 aromatic heterocycles. The maximum Gasteiger partial charge on any atom is 0.123 e. The molecule has 0 aliphatic carbocycles. The first-order valence-corrected chi connectivity index (χ1v) is 8.72. The van der Waals surface area contributed by atoms with E-state index in [0.717, 1.165) is 22.3 Å². The van der Waals surface area contributed by atoms with E-state index in [1.807, 2.05) is 13.0 Å². The number of phenols is 3. The van der Waals surface area contributed by atoms with Gasteiger partial charge in [0, 0.05) is 23.1 Å². The van der Waals surface area contributed by atoms with Crippen LogP contribution in [0.1, 0.15) is 76.6 Å². The van der Waals surface area contributed by atoms with E-state index in [1.165, 1.54) is 6.07 Å². The summed E-state index contributed by atoms with van der Waals surface area (Å²) in [6, 6.07) is 8.41. The average Bonchev–Trinajstić information content (AvgIpc) is 2.44. The topological polar surface area (TPSA) is 60.7 Å². The van der Waals surface area contributed by atoms with Crippen molar-refractivity contribution in [1.29, 1.82) is 0 Å². The third-order valence-electron chi connectivity index (χ3n) is 4.66. The monoisotopic (exact) mass is 342 g/mol. The van der Waals surface area contributed by atoms with Gasteiger partial charge in [-0.05, 0) is 34.1 Å². The summed E-state index contributed by atoms with van der Waals surface area (Å²) < 4.78 is 0. The summed E-state index contributed by atoms with van der Waals surface area (Å²) in [5, 5.41) is 30.4. The molecular weight excluding hydrogens is 312 g/mol. The average molecular weight is 342 g/mol. The van der Waals surface area contributed by atoms with E-state index in [-0.39, 0.29) is 28.2 Å². The van der Waals surface area contributed by atoms with Gasteiger partial charge in [0.2, 0.25) is 0 Å². The van der Waals surface area contributed by atoms with E-state index >= 15 is 0 Å². The molecular formula is C22H30O3. The molecule has 3 nitrogen and oxygen atoms in total. The van der Waals surface area contributed by atoms with Crippen molar-refractivity contribution in [2.75, 3.05) is 0 Å². The van der Waals surface area contributed by atoms with Crippen molar-refractivity contribution >= 4 is 0 Å². The molecule has 2 aromatic rings. The molecule has 0 amide bonds. The minimum absolute atomic E-state index is 0.0468. The molecule has 2 rings (SSSR count). The lowest BCUT2D eigenvalue weighted by Gasteiger charge is -2.34. The lowest BCUT2D eigenvalue weighted by Crippen LogP contribution is -2.25. The van der Waals surface area contributed by atoms with Crippen LogP contribution in [-0.2, 0) is 10.8 Å². The third-order valence-corrected chi connectivity index (χ3v) is 4.66. The molecule has 0 spiro atoms. The van der Waals surface area contributed by atoms with Gasteiger partial charge in [-0.3, -0.25) is 0 Å². The molecule has 2 aromatic carbocycles. The van der Waals surface area contributed by atoms with Crippen LogP contribution in [0, 0.1) is 0 Å². The number of phenolic OH excluding ortho intramolecular Hbond substituents is 3. The highest BCUT2D eigenvalue weighted by molar-refractivity contribution is 5.55. The molecule has 0 fully saturated rings. The van der Waals surface area contributed by atoms with Crippen LogP contribution in [0.15, 0.2) is 30.3 Å². The predicted molar refractivity (Wildman–Crippen MR) is 103 cm³/mol. The van der Waals surface area contributed by atoms with Gasteiger partial charge in [-0.1, -0.05) is 60.6 Å². The second-order valence-corrected chi connectivity index (χ2v) is 8.89. The Bertz CT molecular complexity index is 777. The second-order valence-electron chi connectivity index (χ2n) is 8.89. The molecule has 25 heavy (non-hydrogen) atoms. The number of hydrogen-bond donors (Lipinski definition) is 3. The fourth-order valence-electron chi connectivity index (χ4n) is 3.60. The van der Waals surface area contributed by atoms with Gasteiger partial charge in [-0.25, -0.2) is 0 Å². The molecule has 1 unspecified atom stereocenters. The van der Waals surface area contributed by atoms with Gasteiger partial charge in [-0.2, -0.15) is 0 Å². The summed E-state index contributed by atoms with van der Waals surface area (Å²) in [6.45, 7) is 14.8. The molecule has 0 saturated heterocycles. The number of hydrogen-bond acceptors (Lipinski definition) is 3. The number of rotatable bonds is 2. The minimum Gasteiger partial charge on any atom is -0.508 e. The molecule has 0 saturated carbocycles. The van der Waals surface area contributed by atoms with Crippen molar-refractivity contribution in [2.24, 2.45) is 0 Å². The molecule has 136 valence electrons. The van der Waals surface area contributed by atoms with Gasteiger partial charge in [0.1, 0.15) is 17.2 Å². The fourth-order valence-corrected chi connectivity index (χ4v) is 3.60. The van der Waals surface area contributed by atoms with Crippen LogP contribution in [0.3, 0.4) is 0 Å². The van der Waals surface area contributed by atoms with E-state index < -0.39 is 0 Å². The van der Waals surface area contributed by atoms with Crippen molar-refractivity contribution < 1.29 is 15.3 Å². The van der Waals surface area contributed by atoms with Crippen LogP contribution in [0.5, 0.6) is 17.2 Å². The quantitative estimate of drug-likeness (QED) is 0.670. The first-order chi connectivity index (χ1) is 11.3. The molecule has 0 aliphatic rings. The van der Waals surface area contributed by atoms with Crippen LogP contribution in [0.2, 0.25) is 0 Å². The Hall–Kier alpha value is -2.16. The zero-order valence-corrected chi connectivity index (χ0v) is 16.3. The first kappa shape index (κ1) is 19.2. The number of aromatic hydroxyl groups is 3. The van der Waals surface area contributed by atoms with E-state index in [9.17, 15) is 15.3 Å². The maximum absolute atomic E-state index is 10.6. The standard InChI is InChI=1S/C22H30O3/c1-13(15-9-8-14(23)12-18(15)25)16-10-11-17(24)20(22(5,6)7)19(16)21(2,3)4/h8-13,23-25H,1-7H3. The summed E-state index contributed by atoms with van der Waals surface area (Å²) >= 11 is 0. The van der Waals surface area contributed by atoms with E-state index in [2.05, 4.69) is 41.5 Å². The van der Waals surface area contributed by atoms with Crippen molar-refractivity contribution in [2.45, 2.75) is 65.2 Å². The molecule has 3 N–H and O–H groups in total. The second kappa shape index (κ2) is 6.29. The minimum atomic E-state index is -0.209. The van der Waals surface area contributed by atoms with Crippen molar-refractivity contribution in [1.82, 2.24) is 0 Å². The van der Waals surface area contributed by atoms with Crippen LogP contribution >= 0.6 is 0 Å². The molecule has 3 heteroatoms. The Kier molecular flexibility index (Phi) is 4.82. The Morgan fingerprint density at radius 1 is 0.680 bits per heavy atom. The van der Waals surface area contributed by atoms with Gasteiger partial charge >= 0.3 is 0 Å². The van der Waals surface area contributed by atoms with Crippen LogP contribution in [-0.4, -0.2) is 15.3 Å². The van der Waals surface area contributed by atoms with Crippen molar-refractivity contribution in [3.05, 3.63) is 52.6 Å². The summed E-state index contributed by atoms with van der Waals surface area (Å²) in [7, 11) is 0. The van der Waals surface area contributed by atoms with Gasteiger partial charge < -0.3 is 15.3 Å². The molecule has 0 radical (unpaired) electrons. The van der Waals surface area contributed by atoms with E-state index in [4.69, 9.17) is 0 Å². The van der Waals surface area contributed by atoms with Crippen LogP contribution in [0.25, 0.3) is 0 Å². The lowest BCUT2D eigenvalue weighted by atomic mass is 9.70. The van der Waals surface area contributed by atoms with Crippen LogP contribution in [0.4, 0.5) is 0 Å². The molecule has 0 heterocycles. The molecule has 0 bridgehead atoms. The highest BCUT2D eigenvalue weighted by Gasteiger charge is 2.32. The number of benzene rings is 2. The zero-order valence-electron chi connectivity index (χ0n) is 16.3. The van der Waals surface area contributed by atoms with Crippen LogP contribution < -0.4 is 0 Å². The van der Waals surface area contributed by atoms with E-state index in [1.54, 1.807) is 18.2 Å². The predicted octanol–water partition coefficient (Wildman–Crippen LogP) is 5.55. The highest BCUT2D eigenvalue weighted by atomic mass is 16.3. The summed E-state index contributed by atoms with van der Waals surface area (Å²) in [5.41, 5.74) is 3.52. The Morgan fingerprint density at radius 2 is 1.20 bits per heavy atom. The Morgan fingerprint density at radius 3 is 1.68 bits per heavy atom. The normalized spacial score (nSPS) is 13.7. The van der Waals surface area contributed by atoms with Gasteiger partial charge in [0.05, 0.1) is 0 Å². The summed E-state index contributed by atoms with van der Waals surface area (Å²) in [6.07, 6.45) is 0. The molecule has 1 atom stereocenters. The SMILES string of the molecule is CC(c1ccc(O)cc1O)c1ccc(O)c(C(C)(C)C)c1C(C)(C)C. The van der Waals surface area contributed by atoms with Crippen molar-refractivity contribution in [3.8, 4) is 17.2 Å². The van der Waals surface area contributed by atoms with Gasteiger partial charge in [-0.15, -0.1) is 0 Å². The first-order valence-electron chi connectivity index (χ1n) is 8.72. The summed E-state index contributed by atoms with van der Waals surface area (Å²) in [5.74, 6) is 0.364. The molecule has 0 aliphatic heterocycles. The smallest absolute Gasteiger partial charge is 0.123 e. The van der Waals surface area contributed by atoms with Gasteiger partial charge in [0.15, 0.2) is 0 Å².